The average Bonchev–Trinajstić information content (AvgIpc) is 2.47. The Morgan fingerprint density at radius 3 is 2.26 bits per heavy atom. The van der Waals surface area contributed by atoms with Gasteiger partial charge in [-0.15, -0.1) is 0 Å². The number of nitrogens with zero attached hydrogens (tertiary/aromatic N) is 1. The number of rotatable bonds is 7. The topological polar surface area (TPSA) is 20.3 Å². The maximum atomic E-state index is 12.9. The lowest BCUT2D eigenvalue weighted by Crippen LogP contribution is -2.51. The highest BCUT2D eigenvalue weighted by molar-refractivity contribution is 6.03. The summed E-state index contributed by atoms with van der Waals surface area (Å²) in [6.07, 6.45) is 1.80. The third-order valence-electron chi connectivity index (χ3n) is 4.24. The van der Waals surface area contributed by atoms with Gasteiger partial charge in [0.15, 0.2) is 5.78 Å². The second kappa shape index (κ2) is 6.85. The van der Waals surface area contributed by atoms with Crippen LogP contribution < -0.4 is 0 Å². The number of likely N-dealkylation sites (N-methyl/N-ethyl adjacent to an activating group) is 1. The summed E-state index contributed by atoms with van der Waals surface area (Å²) in [6.45, 7) is 12.3. The zero-order valence-electron chi connectivity index (χ0n) is 13.0. The van der Waals surface area contributed by atoms with Crippen molar-refractivity contribution in [3.63, 3.8) is 0 Å². The van der Waals surface area contributed by atoms with E-state index in [0.29, 0.717) is 0 Å². The molecule has 0 radical (unpaired) electrons. The Morgan fingerprint density at radius 1 is 1.16 bits per heavy atom. The molecule has 19 heavy (non-hydrogen) atoms. The van der Waals surface area contributed by atoms with E-state index in [-0.39, 0.29) is 5.78 Å². The highest BCUT2D eigenvalue weighted by atomic mass is 16.1. The highest BCUT2D eigenvalue weighted by Crippen LogP contribution is 2.25. The number of carbonyl (C=O) groups excluding carboxylic acids is 1. The predicted molar refractivity (Wildman–Crippen MR) is 81.8 cm³/mol. The first kappa shape index (κ1) is 15.9. The summed E-state index contributed by atoms with van der Waals surface area (Å²) in [4.78, 5) is 15.1. The van der Waals surface area contributed by atoms with Gasteiger partial charge in [-0.1, -0.05) is 45.9 Å². The lowest BCUT2D eigenvalue weighted by molar-refractivity contribution is 0.0607. The average molecular weight is 261 g/mol. The smallest absolute Gasteiger partial charge is 0.182 e. The van der Waals surface area contributed by atoms with Gasteiger partial charge in [-0.05, 0) is 44.5 Å². The van der Waals surface area contributed by atoms with Crippen molar-refractivity contribution in [2.75, 3.05) is 13.1 Å². The molecule has 106 valence electrons. The van der Waals surface area contributed by atoms with Crippen molar-refractivity contribution in [2.45, 2.75) is 53.0 Å². The molecule has 0 aliphatic carbocycles. The molecule has 0 aliphatic rings. The second-order valence-corrected chi connectivity index (χ2v) is 5.18. The van der Waals surface area contributed by atoms with Crippen molar-refractivity contribution in [1.29, 1.82) is 0 Å². The number of carbonyl (C=O) groups is 1. The van der Waals surface area contributed by atoms with Crippen LogP contribution in [0.15, 0.2) is 24.3 Å². The van der Waals surface area contributed by atoms with Gasteiger partial charge in [0.2, 0.25) is 0 Å². The van der Waals surface area contributed by atoms with Crippen LogP contribution in [-0.4, -0.2) is 29.3 Å². The molecule has 0 bridgehead atoms. The standard InChI is InChI=1S/C17H27NO/c1-6-14-11-10-12-15(13-14)16(19)17(5,7-2)18(8-3)9-4/h10-13H,6-9H2,1-5H3. The largest absolute Gasteiger partial charge is 0.292 e. The fourth-order valence-corrected chi connectivity index (χ4v) is 2.69. The lowest BCUT2D eigenvalue weighted by Gasteiger charge is -2.38. The molecule has 0 N–H and O–H groups in total. The van der Waals surface area contributed by atoms with Gasteiger partial charge in [0.25, 0.3) is 0 Å². The normalized spacial score (nSPS) is 14.4. The zero-order valence-corrected chi connectivity index (χ0v) is 13.0. The Morgan fingerprint density at radius 2 is 1.79 bits per heavy atom. The maximum absolute atomic E-state index is 12.9. The molecule has 0 heterocycles. The van der Waals surface area contributed by atoms with Crippen LogP contribution in [0.5, 0.6) is 0 Å². The first-order chi connectivity index (χ1) is 9.03. The molecule has 0 spiro atoms. The molecule has 2 nitrogen and oxygen atoms in total. The Balaban J connectivity index is 3.13. The number of hydrogen-bond donors (Lipinski definition) is 0. The van der Waals surface area contributed by atoms with Gasteiger partial charge in [-0.2, -0.15) is 0 Å². The molecule has 0 aromatic heterocycles. The summed E-state index contributed by atoms with van der Waals surface area (Å²) in [6, 6.07) is 8.06. The van der Waals surface area contributed by atoms with E-state index in [9.17, 15) is 4.79 Å². The minimum Gasteiger partial charge on any atom is -0.292 e. The molecule has 0 saturated carbocycles. The molecule has 0 fully saturated rings. The van der Waals surface area contributed by atoms with Crippen LogP contribution in [0.3, 0.4) is 0 Å². The van der Waals surface area contributed by atoms with Crippen molar-refractivity contribution in [1.82, 2.24) is 4.90 Å². The minimum atomic E-state index is -0.393. The second-order valence-electron chi connectivity index (χ2n) is 5.18. The van der Waals surface area contributed by atoms with E-state index >= 15 is 0 Å². The fourth-order valence-electron chi connectivity index (χ4n) is 2.69. The molecule has 0 amide bonds. The summed E-state index contributed by atoms with van der Waals surface area (Å²) in [5, 5.41) is 0. The van der Waals surface area contributed by atoms with Gasteiger partial charge in [0.1, 0.15) is 0 Å². The number of hydrogen-bond acceptors (Lipinski definition) is 2. The Hall–Kier alpha value is -1.15. The third-order valence-corrected chi connectivity index (χ3v) is 4.24. The van der Waals surface area contributed by atoms with E-state index in [0.717, 1.165) is 31.5 Å². The van der Waals surface area contributed by atoms with E-state index in [1.165, 1.54) is 5.56 Å². The third kappa shape index (κ3) is 3.24. The molecule has 0 saturated heterocycles. The molecular formula is C17H27NO. The fraction of sp³-hybridized carbons (Fsp3) is 0.588. The summed E-state index contributed by atoms with van der Waals surface area (Å²) in [5.74, 6) is 0.244. The van der Waals surface area contributed by atoms with Crippen LogP contribution in [0.25, 0.3) is 0 Å². The molecule has 1 aromatic rings. The van der Waals surface area contributed by atoms with Gasteiger partial charge in [-0.25, -0.2) is 0 Å². The minimum absolute atomic E-state index is 0.244. The Kier molecular flexibility index (Phi) is 5.74. The van der Waals surface area contributed by atoms with E-state index in [1.54, 1.807) is 0 Å². The summed E-state index contributed by atoms with van der Waals surface area (Å²) >= 11 is 0. The van der Waals surface area contributed by atoms with E-state index < -0.39 is 5.54 Å². The van der Waals surface area contributed by atoms with Crippen LogP contribution in [0.4, 0.5) is 0 Å². The summed E-state index contributed by atoms with van der Waals surface area (Å²) < 4.78 is 0. The van der Waals surface area contributed by atoms with Crippen molar-refractivity contribution < 1.29 is 4.79 Å². The van der Waals surface area contributed by atoms with Crippen LogP contribution >= 0.6 is 0 Å². The lowest BCUT2D eigenvalue weighted by atomic mass is 9.86. The first-order valence-corrected chi connectivity index (χ1v) is 7.42. The predicted octanol–water partition coefficient (Wildman–Crippen LogP) is 3.94. The molecule has 0 aliphatic heterocycles. The number of ketones is 1. The van der Waals surface area contributed by atoms with Gasteiger partial charge in [-0.3, -0.25) is 9.69 Å². The van der Waals surface area contributed by atoms with Gasteiger partial charge >= 0.3 is 0 Å². The van der Waals surface area contributed by atoms with Gasteiger partial charge < -0.3 is 0 Å². The Bertz CT molecular complexity index is 423. The highest BCUT2D eigenvalue weighted by Gasteiger charge is 2.36. The van der Waals surface area contributed by atoms with Crippen molar-refractivity contribution in [2.24, 2.45) is 0 Å². The molecule has 2 heteroatoms. The summed E-state index contributed by atoms with van der Waals surface area (Å²) in [5.41, 5.74) is 1.68. The molecule has 1 rings (SSSR count). The van der Waals surface area contributed by atoms with Crippen LogP contribution in [0, 0.1) is 0 Å². The summed E-state index contributed by atoms with van der Waals surface area (Å²) in [7, 11) is 0. The Labute approximate surface area is 117 Å². The van der Waals surface area contributed by atoms with E-state index in [4.69, 9.17) is 0 Å². The monoisotopic (exact) mass is 261 g/mol. The SMILES string of the molecule is CCc1cccc(C(=O)C(C)(CC)N(CC)CC)c1. The van der Waals surface area contributed by atoms with Gasteiger partial charge in [0.05, 0.1) is 5.54 Å². The van der Waals surface area contributed by atoms with E-state index in [1.807, 2.05) is 18.2 Å². The van der Waals surface area contributed by atoms with Crippen molar-refractivity contribution >= 4 is 5.78 Å². The number of Topliss-reactive ketones (excluding diaryl/α,β-unsaturated/α-hetero) is 1. The number of benzene rings is 1. The quantitative estimate of drug-likeness (QED) is 0.693. The van der Waals surface area contributed by atoms with Crippen LogP contribution in [-0.2, 0) is 6.42 Å². The molecule has 1 atom stereocenters. The number of aryl methyl sites for hydroxylation is 1. The molecular weight excluding hydrogens is 234 g/mol. The first-order valence-electron chi connectivity index (χ1n) is 7.42. The zero-order chi connectivity index (χ0) is 14.5. The van der Waals surface area contributed by atoms with Crippen molar-refractivity contribution in [3.8, 4) is 0 Å². The molecule has 1 aromatic carbocycles. The van der Waals surface area contributed by atoms with Crippen LogP contribution in [0.1, 0.15) is 57.0 Å². The van der Waals surface area contributed by atoms with Crippen molar-refractivity contribution in [3.05, 3.63) is 35.4 Å². The molecule has 1 unspecified atom stereocenters. The van der Waals surface area contributed by atoms with E-state index in [2.05, 4.69) is 45.6 Å². The van der Waals surface area contributed by atoms with Gasteiger partial charge in [0, 0.05) is 5.56 Å². The van der Waals surface area contributed by atoms with Crippen LogP contribution in [0.2, 0.25) is 0 Å². The maximum Gasteiger partial charge on any atom is 0.182 e.